The number of rotatable bonds is 11. The standard InChI is InChI=1S/C23H38N4O/c1-5-11-18-16-24-20(13-7-3)21(26-18)14-9-10-15-22-23(28-8-4)25-17-19(27-22)12-6-2/h9-10,21-22H,5-8,11-17H2,1-4H3/b10-9+/t21-,22-/m1/s1. The van der Waals surface area contributed by atoms with Crippen molar-refractivity contribution in [2.45, 2.75) is 91.1 Å². The van der Waals surface area contributed by atoms with E-state index in [0.717, 1.165) is 63.8 Å². The molecule has 2 heterocycles. The van der Waals surface area contributed by atoms with Gasteiger partial charge < -0.3 is 4.74 Å². The Labute approximate surface area is 171 Å². The Morgan fingerprint density at radius 3 is 1.96 bits per heavy atom. The summed E-state index contributed by atoms with van der Waals surface area (Å²) >= 11 is 0. The molecule has 0 spiro atoms. The Hall–Kier alpha value is -1.78. The maximum absolute atomic E-state index is 5.73. The molecular formula is C23H38N4O. The molecule has 5 nitrogen and oxygen atoms in total. The van der Waals surface area contributed by atoms with Gasteiger partial charge in [-0.3, -0.25) is 15.0 Å². The summed E-state index contributed by atoms with van der Waals surface area (Å²) in [6.07, 6.45) is 12.8. The van der Waals surface area contributed by atoms with Crippen LogP contribution >= 0.6 is 0 Å². The number of hydrogen-bond donors (Lipinski definition) is 0. The monoisotopic (exact) mass is 386 g/mol. The third kappa shape index (κ3) is 6.99. The van der Waals surface area contributed by atoms with Crippen molar-refractivity contribution in [2.24, 2.45) is 20.0 Å². The Kier molecular flexibility index (Phi) is 10.2. The molecular weight excluding hydrogens is 348 g/mol. The van der Waals surface area contributed by atoms with Crippen molar-refractivity contribution in [3.63, 3.8) is 0 Å². The van der Waals surface area contributed by atoms with Crippen LogP contribution in [0.25, 0.3) is 0 Å². The summed E-state index contributed by atoms with van der Waals surface area (Å²) in [7, 11) is 0. The SMILES string of the molecule is CCCC1=N[C@H](C/C=C/C[C@H]2N=C(CCC)CN=C2OCC)C(CCC)=NC1. The van der Waals surface area contributed by atoms with Crippen LogP contribution < -0.4 is 0 Å². The first kappa shape index (κ1) is 22.5. The van der Waals surface area contributed by atoms with Crippen molar-refractivity contribution in [3.8, 4) is 0 Å². The summed E-state index contributed by atoms with van der Waals surface area (Å²) < 4.78 is 5.73. The van der Waals surface area contributed by atoms with Crippen LogP contribution in [0.2, 0.25) is 0 Å². The molecule has 2 aliphatic heterocycles. The molecule has 2 atom stereocenters. The van der Waals surface area contributed by atoms with Crippen LogP contribution in [-0.4, -0.2) is 54.8 Å². The number of aliphatic imine (C=N–C) groups is 4. The number of ether oxygens (including phenoxy) is 1. The second-order valence-electron chi connectivity index (χ2n) is 7.51. The molecule has 0 N–H and O–H groups in total. The molecule has 156 valence electrons. The van der Waals surface area contributed by atoms with Crippen molar-refractivity contribution in [1.82, 2.24) is 0 Å². The first-order valence-electron chi connectivity index (χ1n) is 11.2. The van der Waals surface area contributed by atoms with Gasteiger partial charge in [-0.1, -0.05) is 52.2 Å². The van der Waals surface area contributed by atoms with Crippen molar-refractivity contribution < 1.29 is 4.74 Å². The molecule has 0 aromatic heterocycles. The lowest BCUT2D eigenvalue weighted by Gasteiger charge is -2.21. The van der Waals surface area contributed by atoms with E-state index in [1.807, 2.05) is 6.92 Å². The van der Waals surface area contributed by atoms with Crippen LogP contribution in [0.3, 0.4) is 0 Å². The van der Waals surface area contributed by atoms with Crippen molar-refractivity contribution in [3.05, 3.63) is 12.2 Å². The Bertz CT molecular complexity index is 577. The van der Waals surface area contributed by atoms with E-state index >= 15 is 0 Å². The van der Waals surface area contributed by atoms with Gasteiger partial charge in [0, 0.05) is 17.1 Å². The summed E-state index contributed by atoms with van der Waals surface area (Å²) in [4.78, 5) is 19.3. The van der Waals surface area contributed by atoms with E-state index in [1.54, 1.807) is 0 Å². The number of nitrogens with zero attached hydrogens (tertiary/aromatic N) is 4. The van der Waals surface area contributed by atoms with Crippen LogP contribution in [0.4, 0.5) is 0 Å². The fourth-order valence-corrected chi connectivity index (χ4v) is 3.67. The molecule has 28 heavy (non-hydrogen) atoms. The Balaban J connectivity index is 1.97. The number of hydrogen-bond acceptors (Lipinski definition) is 5. The van der Waals surface area contributed by atoms with Gasteiger partial charge in [0.15, 0.2) is 0 Å². The van der Waals surface area contributed by atoms with Gasteiger partial charge in [-0.05, 0) is 39.0 Å². The molecule has 0 radical (unpaired) electrons. The average molecular weight is 387 g/mol. The highest BCUT2D eigenvalue weighted by Gasteiger charge is 2.21. The zero-order valence-corrected chi connectivity index (χ0v) is 18.3. The molecule has 0 amide bonds. The second-order valence-corrected chi connectivity index (χ2v) is 7.51. The lowest BCUT2D eigenvalue weighted by Crippen LogP contribution is -2.29. The summed E-state index contributed by atoms with van der Waals surface area (Å²) in [6, 6.07) is 0.248. The van der Waals surface area contributed by atoms with Crippen LogP contribution in [0.1, 0.15) is 79.1 Å². The minimum Gasteiger partial charge on any atom is -0.480 e. The van der Waals surface area contributed by atoms with Crippen molar-refractivity contribution in [1.29, 1.82) is 0 Å². The highest BCUT2D eigenvalue weighted by atomic mass is 16.5. The minimum absolute atomic E-state index is 0.0285. The third-order valence-corrected chi connectivity index (χ3v) is 4.99. The highest BCUT2D eigenvalue weighted by molar-refractivity contribution is 5.99. The molecule has 2 rings (SSSR count). The summed E-state index contributed by atoms with van der Waals surface area (Å²) in [5.74, 6) is 0.793. The molecule has 0 aromatic rings. The van der Waals surface area contributed by atoms with E-state index in [1.165, 1.54) is 17.1 Å². The minimum atomic E-state index is 0.0285. The molecule has 0 bridgehead atoms. The molecule has 0 saturated heterocycles. The smallest absolute Gasteiger partial charge is 0.209 e. The molecule has 0 unspecified atom stereocenters. The largest absolute Gasteiger partial charge is 0.480 e. The van der Waals surface area contributed by atoms with Gasteiger partial charge in [-0.2, -0.15) is 0 Å². The lowest BCUT2D eigenvalue weighted by atomic mass is 10.0. The topological polar surface area (TPSA) is 58.7 Å². The highest BCUT2D eigenvalue weighted by Crippen LogP contribution is 2.16. The van der Waals surface area contributed by atoms with Gasteiger partial charge in [-0.25, -0.2) is 4.99 Å². The van der Waals surface area contributed by atoms with Crippen molar-refractivity contribution >= 4 is 23.0 Å². The van der Waals surface area contributed by atoms with Gasteiger partial charge >= 0.3 is 0 Å². The predicted octanol–water partition coefficient (Wildman–Crippen LogP) is 5.25. The summed E-state index contributed by atoms with van der Waals surface area (Å²) in [5.41, 5.74) is 3.72. The maximum atomic E-state index is 5.73. The first-order valence-corrected chi connectivity index (χ1v) is 11.2. The molecule has 5 heteroatoms. The van der Waals surface area contributed by atoms with E-state index in [9.17, 15) is 0 Å². The van der Waals surface area contributed by atoms with Crippen LogP contribution in [0, 0.1) is 0 Å². The quantitative estimate of drug-likeness (QED) is 0.448. The van der Waals surface area contributed by atoms with E-state index < -0.39 is 0 Å². The molecule has 0 saturated carbocycles. The van der Waals surface area contributed by atoms with Gasteiger partial charge in [-0.15, -0.1) is 0 Å². The fraction of sp³-hybridized carbons (Fsp3) is 0.739. The van der Waals surface area contributed by atoms with Gasteiger partial charge in [0.05, 0.1) is 25.7 Å². The summed E-state index contributed by atoms with van der Waals surface area (Å²) in [6.45, 7) is 10.7. The molecule has 0 aromatic carbocycles. The van der Waals surface area contributed by atoms with E-state index in [0.29, 0.717) is 13.2 Å². The molecule has 0 aliphatic carbocycles. The Morgan fingerprint density at radius 1 is 0.786 bits per heavy atom. The van der Waals surface area contributed by atoms with E-state index in [4.69, 9.17) is 19.7 Å². The van der Waals surface area contributed by atoms with Crippen LogP contribution in [0.15, 0.2) is 32.1 Å². The van der Waals surface area contributed by atoms with E-state index in [2.05, 4.69) is 37.9 Å². The molecule has 2 aliphatic rings. The average Bonchev–Trinajstić information content (AvgIpc) is 2.69. The third-order valence-electron chi connectivity index (χ3n) is 4.99. The fourth-order valence-electron chi connectivity index (χ4n) is 3.67. The summed E-state index contributed by atoms with van der Waals surface area (Å²) in [5, 5.41) is 0. The second kappa shape index (κ2) is 12.6. The van der Waals surface area contributed by atoms with Gasteiger partial charge in [0.25, 0.3) is 0 Å². The van der Waals surface area contributed by atoms with E-state index in [-0.39, 0.29) is 12.1 Å². The van der Waals surface area contributed by atoms with Crippen molar-refractivity contribution in [2.75, 3.05) is 19.7 Å². The van der Waals surface area contributed by atoms with Gasteiger partial charge in [0.2, 0.25) is 5.90 Å². The predicted molar refractivity (Wildman–Crippen MR) is 122 cm³/mol. The zero-order chi connectivity index (χ0) is 20.2. The first-order chi connectivity index (χ1) is 13.7. The maximum Gasteiger partial charge on any atom is 0.209 e. The van der Waals surface area contributed by atoms with Gasteiger partial charge in [0.1, 0.15) is 6.04 Å². The van der Waals surface area contributed by atoms with Crippen LogP contribution in [-0.2, 0) is 4.74 Å². The zero-order valence-electron chi connectivity index (χ0n) is 18.3. The lowest BCUT2D eigenvalue weighted by molar-refractivity contribution is 0.309. The molecule has 0 fully saturated rings. The normalized spacial score (nSPS) is 22.6. The Morgan fingerprint density at radius 2 is 1.36 bits per heavy atom. The van der Waals surface area contributed by atoms with Crippen LogP contribution in [0.5, 0.6) is 0 Å².